The van der Waals surface area contributed by atoms with Gasteiger partial charge in [-0.05, 0) is 37.4 Å². The Morgan fingerprint density at radius 1 is 1.50 bits per heavy atom. The summed E-state index contributed by atoms with van der Waals surface area (Å²) in [5, 5.41) is 3.44. The number of likely N-dealkylation sites (tertiary alicyclic amines) is 1. The molecule has 1 aliphatic heterocycles. The molecule has 1 aromatic carbocycles. The minimum absolute atomic E-state index is 0.0157. The summed E-state index contributed by atoms with van der Waals surface area (Å²) in [6.07, 6.45) is 1.84. The van der Waals surface area contributed by atoms with Gasteiger partial charge >= 0.3 is 0 Å². The maximum atomic E-state index is 13.9. The van der Waals surface area contributed by atoms with Crippen molar-refractivity contribution in [2.75, 3.05) is 19.6 Å². The van der Waals surface area contributed by atoms with E-state index < -0.39 is 0 Å². The maximum absolute atomic E-state index is 13.9. The van der Waals surface area contributed by atoms with Crippen molar-refractivity contribution >= 4 is 17.5 Å². The first-order valence-electron chi connectivity index (χ1n) is 7.90. The second-order valence-electron chi connectivity index (χ2n) is 6.41. The molecule has 1 heterocycles. The second-order valence-corrected chi connectivity index (χ2v) is 6.82. The third kappa shape index (κ3) is 4.68. The molecule has 122 valence electrons. The highest BCUT2D eigenvalue weighted by Crippen LogP contribution is 2.24. The predicted octanol–water partition coefficient (Wildman–Crippen LogP) is 3.46. The highest BCUT2D eigenvalue weighted by molar-refractivity contribution is 6.31. The molecule has 0 aliphatic carbocycles. The molecule has 0 spiro atoms. The van der Waals surface area contributed by atoms with Gasteiger partial charge in [-0.1, -0.05) is 31.5 Å². The van der Waals surface area contributed by atoms with Crippen LogP contribution < -0.4 is 5.32 Å². The molecule has 0 bridgehead atoms. The van der Waals surface area contributed by atoms with Crippen molar-refractivity contribution in [2.24, 2.45) is 11.8 Å². The van der Waals surface area contributed by atoms with E-state index in [0.717, 1.165) is 19.4 Å². The second kappa shape index (κ2) is 7.93. The van der Waals surface area contributed by atoms with Gasteiger partial charge in [-0.2, -0.15) is 0 Å². The van der Waals surface area contributed by atoms with E-state index in [9.17, 15) is 9.18 Å². The Bertz CT molecular complexity index is 501. The lowest BCUT2D eigenvalue weighted by atomic mass is 9.96. The van der Waals surface area contributed by atoms with Crippen LogP contribution >= 0.6 is 11.6 Å². The molecule has 1 aromatic rings. The smallest absolute Gasteiger partial charge is 0.224 e. The molecule has 22 heavy (non-hydrogen) atoms. The Labute approximate surface area is 136 Å². The van der Waals surface area contributed by atoms with Crippen molar-refractivity contribution in [3.63, 3.8) is 0 Å². The molecule has 0 aromatic heterocycles. The normalized spacial score (nSPS) is 19.4. The average Bonchev–Trinajstić information content (AvgIpc) is 2.49. The zero-order valence-corrected chi connectivity index (χ0v) is 14.0. The molecule has 1 atom stereocenters. The first-order valence-corrected chi connectivity index (χ1v) is 8.28. The topological polar surface area (TPSA) is 32.3 Å². The van der Waals surface area contributed by atoms with Gasteiger partial charge in [0.1, 0.15) is 5.82 Å². The third-order valence-corrected chi connectivity index (χ3v) is 4.36. The van der Waals surface area contributed by atoms with Crippen LogP contribution in [0.25, 0.3) is 0 Å². The van der Waals surface area contributed by atoms with Gasteiger partial charge in [0.25, 0.3) is 0 Å². The molecular formula is C17H24ClFN2O. The van der Waals surface area contributed by atoms with Crippen molar-refractivity contribution in [3.8, 4) is 0 Å². The van der Waals surface area contributed by atoms with Crippen LogP contribution in [0.2, 0.25) is 5.02 Å². The van der Waals surface area contributed by atoms with Gasteiger partial charge in [0, 0.05) is 30.2 Å². The molecule has 1 aliphatic rings. The minimum Gasteiger partial charge on any atom is -0.356 e. The quantitative estimate of drug-likeness (QED) is 0.898. The summed E-state index contributed by atoms with van der Waals surface area (Å²) in [6.45, 7) is 6.85. The summed E-state index contributed by atoms with van der Waals surface area (Å²) in [5.41, 5.74) is 0.521. The van der Waals surface area contributed by atoms with E-state index in [1.54, 1.807) is 12.1 Å². The van der Waals surface area contributed by atoms with Crippen LogP contribution in [0.15, 0.2) is 18.2 Å². The third-order valence-electron chi connectivity index (χ3n) is 4.00. The van der Waals surface area contributed by atoms with Crippen LogP contribution in [-0.4, -0.2) is 30.4 Å². The summed E-state index contributed by atoms with van der Waals surface area (Å²) in [7, 11) is 0. The number of nitrogens with one attached hydrogen (secondary N) is 1. The number of piperidine rings is 1. The highest BCUT2D eigenvalue weighted by Gasteiger charge is 2.26. The van der Waals surface area contributed by atoms with Crippen LogP contribution in [0.4, 0.5) is 4.39 Å². The number of carbonyl (C=O) groups excluding carboxylic acids is 1. The van der Waals surface area contributed by atoms with Crippen molar-refractivity contribution < 1.29 is 9.18 Å². The molecular weight excluding hydrogens is 303 g/mol. The van der Waals surface area contributed by atoms with Crippen LogP contribution in [0, 0.1) is 17.7 Å². The number of benzene rings is 1. The van der Waals surface area contributed by atoms with Gasteiger partial charge < -0.3 is 5.32 Å². The SMILES string of the molecule is CC(C)CNC(=O)C1CCCN(Cc2c(F)cccc2Cl)C1. The van der Waals surface area contributed by atoms with Crippen molar-refractivity contribution in [2.45, 2.75) is 33.2 Å². The minimum atomic E-state index is -0.279. The Kier molecular flexibility index (Phi) is 6.21. The Hall–Kier alpha value is -1.13. The van der Waals surface area contributed by atoms with Crippen LogP contribution in [0.1, 0.15) is 32.3 Å². The summed E-state index contributed by atoms with van der Waals surface area (Å²) < 4.78 is 13.9. The summed E-state index contributed by atoms with van der Waals surface area (Å²) in [6, 6.07) is 4.74. The average molecular weight is 327 g/mol. The zero-order valence-electron chi connectivity index (χ0n) is 13.2. The van der Waals surface area contributed by atoms with Gasteiger partial charge in [0.15, 0.2) is 0 Å². The van der Waals surface area contributed by atoms with Gasteiger partial charge in [-0.25, -0.2) is 4.39 Å². The lowest BCUT2D eigenvalue weighted by Crippen LogP contribution is -2.43. The predicted molar refractivity (Wildman–Crippen MR) is 87.3 cm³/mol. The van der Waals surface area contributed by atoms with E-state index in [1.807, 2.05) is 0 Å². The molecule has 0 radical (unpaired) electrons. The number of hydrogen-bond donors (Lipinski definition) is 1. The van der Waals surface area contributed by atoms with E-state index in [0.29, 0.717) is 36.1 Å². The van der Waals surface area contributed by atoms with Gasteiger partial charge in [-0.15, -0.1) is 0 Å². The van der Waals surface area contributed by atoms with E-state index in [-0.39, 0.29) is 17.6 Å². The molecule has 3 nitrogen and oxygen atoms in total. The van der Waals surface area contributed by atoms with E-state index >= 15 is 0 Å². The number of hydrogen-bond acceptors (Lipinski definition) is 2. The monoisotopic (exact) mass is 326 g/mol. The van der Waals surface area contributed by atoms with Crippen LogP contribution in [0.3, 0.4) is 0 Å². The first-order chi connectivity index (χ1) is 10.5. The highest BCUT2D eigenvalue weighted by atomic mass is 35.5. The molecule has 5 heteroatoms. The van der Waals surface area contributed by atoms with Gasteiger partial charge in [0.2, 0.25) is 5.91 Å². The number of rotatable bonds is 5. The molecule has 1 fully saturated rings. The lowest BCUT2D eigenvalue weighted by Gasteiger charge is -2.32. The zero-order chi connectivity index (χ0) is 16.1. The Balaban J connectivity index is 1.94. The van der Waals surface area contributed by atoms with E-state index in [2.05, 4.69) is 24.1 Å². The molecule has 1 saturated heterocycles. The van der Waals surface area contributed by atoms with Crippen LogP contribution in [0.5, 0.6) is 0 Å². The first kappa shape index (κ1) is 17.2. The molecule has 1 N–H and O–H groups in total. The maximum Gasteiger partial charge on any atom is 0.224 e. The Morgan fingerprint density at radius 3 is 2.95 bits per heavy atom. The fraction of sp³-hybridized carbons (Fsp3) is 0.588. The number of nitrogens with zero attached hydrogens (tertiary/aromatic N) is 1. The number of carbonyl (C=O) groups is 1. The van der Waals surface area contributed by atoms with E-state index in [1.165, 1.54) is 6.07 Å². The van der Waals surface area contributed by atoms with E-state index in [4.69, 9.17) is 11.6 Å². The number of amides is 1. The summed E-state index contributed by atoms with van der Waals surface area (Å²) in [4.78, 5) is 14.3. The van der Waals surface area contributed by atoms with Crippen molar-refractivity contribution in [1.82, 2.24) is 10.2 Å². The fourth-order valence-corrected chi connectivity index (χ4v) is 2.99. The molecule has 1 unspecified atom stereocenters. The summed E-state index contributed by atoms with van der Waals surface area (Å²) >= 11 is 6.09. The number of halogens is 2. The van der Waals surface area contributed by atoms with Crippen molar-refractivity contribution in [3.05, 3.63) is 34.6 Å². The van der Waals surface area contributed by atoms with Crippen LogP contribution in [-0.2, 0) is 11.3 Å². The standard InChI is InChI=1S/C17H24ClFN2O/c1-12(2)9-20-17(22)13-5-4-8-21(10-13)11-14-15(18)6-3-7-16(14)19/h3,6-7,12-13H,4-5,8-11H2,1-2H3,(H,20,22). The molecule has 1 amide bonds. The molecule has 2 rings (SSSR count). The molecule has 0 saturated carbocycles. The van der Waals surface area contributed by atoms with Gasteiger partial charge in [-0.3, -0.25) is 9.69 Å². The Morgan fingerprint density at radius 2 is 2.27 bits per heavy atom. The fourth-order valence-electron chi connectivity index (χ4n) is 2.77. The lowest BCUT2D eigenvalue weighted by molar-refractivity contribution is -0.126. The largest absolute Gasteiger partial charge is 0.356 e. The summed E-state index contributed by atoms with van der Waals surface area (Å²) in [5.74, 6) is 0.260. The van der Waals surface area contributed by atoms with Gasteiger partial charge in [0.05, 0.1) is 5.92 Å². The van der Waals surface area contributed by atoms with Crippen molar-refractivity contribution in [1.29, 1.82) is 0 Å².